The van der Waals surface area contributed by atoms with Gasteiger partial charge in [-0.25, -0.2) is 0 Å². The maximum absolute atomic E-state index is 12.6. The molecular weight excluding hydrogens is 155 g/mol. The van der Waals surface area contributed by atoms with Crippen LogP contribution in [0.5, 0.6) is 0 Å². The lowest BCUT2D eigenvalue weighted by atomic mass is 9.85. The lowest BCUT2D eigenvalue weighted by molar-refractivity contribution is -0.236. The second-order valence-electron chi connectivity index (χ2n) is 2.31. The topological polar surface area (TPSA) is 40.5 Å². The van der Waals surface area contributed by atoms with Crippen molar-refractivity contribution in [2.45, 2.75) is 51.2 Å². The Morgan fingerprint density at radius 2 is 1.83 bits per heavy atom. The lowest BCUT2D eigenvalue weighted by Crippen LogP contribution is -2.59. The Morgan fingerprint density at radius 3 is 2.17 bits per heavy atom. The smallest absolute Gasteiger partial charge is 0.136 e. The standard InChI is InChI=1S/C9H17NO2/c1-8(2)5-7(11)6-9(3,4)10(8)12/h12H,5-6H2,1-4H3/i1D3,2D3,3D3,4D3,5D2,6D2,10+1. The number of rotatable bonds is 0. The van der Waals surface area contributed by atoms with Crippen LogP contribution in [0.1, 0.15) is 62.1 Å². The molecule has 3 nitrogen and oxygen atoms in total. The summed E-state index contributed by atoms with van der Waals surface area (Å²) in [7, 11) is 0. The van der Waals surface area contributed by atoms with Crippen molar-refractivity contribution in [3.05, 3.63) is 0 Å². The van der Waals surface area contributed by atoms with Gasteiger partial charge in [-0.05, 0) is 27.4 Å². The Kier molecular flexibility index (Phi) is 0.361. The Morgan fingerprint density at radius 1 is 1.42 bits per heavy atom. The summed E-state index contributed by atoms with van der Waals surface area (Å²) < 4.78 is 121. The lowest BCUT2D eigenvalue weighted by Gasteiger charge is -2.47. The quantitative estimate of drug-likeness (QED) is 0.587. The van der Waals surface area contributed by atoms with Crippen LogP contribution in [0.4, 0.5) is 0 Å². The van der Waals surface area contributed by atoms with Crippen molar-refractivity contribution in [2.75, 3.05) is 0 Å². The monoisotopic (exact) mass is 188 g/mol. The van der Waals surface area contributed by atoms with Gasteiger partial charge in [0.1, 0.15) is 5.78 Å². The van der Waals surface area contributed by atoms with Gasteiger partial charge in [0.15, 0.2) is 0 Å². The molecule has 12 heavy (non-hydrogen) atoms. The second kappa shape index (κ2) is 2.54. The van der Waals surface area contributed by atoms with E-state index in [-0.39, 0.29) is 0 Å². The second-order valence-corrected chi connectivity index (χ2v) is 2.31. The van der Waals surface area contributed by atoms with Crippen molar-refractivity contribution in [3.63, 3.8) is 0 Å². The molecule has 0 saturated carbocycles. The highest BCUT2D eigenvalue weighted by Gasteiger charge is 2.44. The van der Waals surface area contributed by atoms with Crippen LogP contribution in [0, 0.1) is 0 Å². The molecule has 0 aromatic rings. The molecule has 1 aliphatic rings. The molecule has 70 valence electrons. The molecule has 1 aliphatic heterocycles. The molecule has 1 saturated heterocycles. The third-order valence-electron chi connectivity index (χ3n) is 1.22. The normalized spacial score (nSPS) is 61.2. The number of hydrogen-bond donors (Lipinski definition) is 1. The van der Waals surface area contributed by atoms with Crippen molar-refractivity contribution < 1.29 is 31.9 Å². The molecule has 0 atom stereocenters. The molecule has 1 rings (SSSR count). The number of hydrogen-bond acceptors (Lipinski definition) is 3. The van der Waals surface area contributed by atoms with Gasteiger partial charge >= 0.3 is 0 Å². The van der Waals surface area contributed by atoms with Gasteiger partial charge in [-0.2, -0.15) is 5.06 Å². The predicted molar refractivity (Wildman–Crippen MR) is 46.0 cm³/mol. The summed E-state index contributed by atoms with van der Waals surface area (Å²) in [5.74, 6) is -2.54. The van der Waals surface area contributed by atoms with Gasteiger partial charge in [-0.15, -0.1) is 0 Å². The highest BCUT2D eigenvalue weighted by molar-refractivity contribution is 5.81. The zero-order valence-electron chi connectivity index (χ0n) is 21.8. The van der Waals surface area contributed by atoms with Crippen LogP contribution < -0.4 is 0 Å². The van der Waals surface area contributed by atoms with E-state index in [1.54, 1.807) is 0 Å². The molecule has 1 heterocycles. The Labute approximate surface area is 95.8 Å². The van der Waals surface area contributed by atoms with E-state index in [0.717, 1.165) is 0 Å². The molecule has 0 radical (unpaired) electrons. The van der Waals surface area contributed by atoms with Crippen molar-refractivity contribution in [2.24, 2.45) is 0 Å². The van der Waals surface area contributed by atoms with Gasteiger partial charge < -0.3 is 5.21 Å². The fraction of sp³-hybridized carbons (Fsp3) is 0.889. The molecule has 0 amide bonds. The fourth-order valence-corrected chi connectivity index (χ4v) is 0.717. The number of carbonyl (C=O) groups excluding carboxylic acids is 1. The number of hydroxylamine groups is 2. The third kappa shape index (κ3) is 1.52. The summed E-state index contributed by atoms with van der Waals surface area (Å²) in [6.07, 6.45) is -8.50. The number of ketones is 1. The van der Waals surface area contributed by atoms with Crippen LogP contribution in [0.2, 0.25) is 0 Å². The Bertz CT molecular complexity index is 569. The SMILES string of the molecule is [2H]C([2H])([2H])C1(C([2H])([2H])[2H])[15N](O)C(C([2H])([2H])[2H])(C([2H])([2H])[2H])C([2H])([2H])C(=O)C1([2H])[2H]. The van der Waals surface area contributed by atoms with Gasteiger partial charge in [0.05, 0.1) is 0 Å². The third-order valence-corrected chi connectivity index (χ3v) is 1.22. The number of piperidine rings is 1. The molecule has 1 N–H and O–H groups in total. The van der Waals surface area contributed by atoms with E-state index in [0.29, 0.717) is 0 Å². The zero-order chi connectivity index (χ0) is 23.2. The van der Waals surface area contributed by atoms with E-state index >= 15 is 0 Å². The molecule has 0 aliphatic carbocycles. The zero-order valence-corrected chi connectivity index (χ0v) is 5.80. The first kappa shape index (κ1) is 1.71. The van der Waals surface area contributed by atoms with Crippen LogP contribution in [-0.4, -0.2) is 27.1 Å². The van der Waals surface area contributed by atoms with Crippen LogP contribution in [0.25, 0.3) is 0 Å². The Hall–Kier alpha value is -0.410. The number of Topliss-reactive ketones (excluding diaryl/α,β-unsaturated/α-hetero) is 1. The first-order valence-electron chi connectivity index (χ1n) is 10.9. The minimum absolute atomic E-state index is 1.30. The van der Waals surface area contributed by atoms with Crippen LogP contribution in [-0.2, 0) is 4.79 Å². The molecule has 0 unspecified atom stereocenters. The van der Waals surface area contributed by atoms with Gasteiger partial charge in [-0.3, -0.25) is 4.79 Å². The molecule has 0 aromatic heterocycles. The minimum atomic E-state index is -4.40. The van der Waals surface area contributed by atoms with Crippen molar-refractivity contribution in [1.29, 1.82) is 0 Å². The van der Waals surface area contributed by atoms with Crippen molar-refractivity contribution >= 4 is 5.78 Å². The maximum atomic E-state index is 12.6. The molecule has 1 fully saturated rings. The first-order chi connectivity index (χ1) is 11.8. The highest BCUT2D eigenvalue weighted by Crippen LogP contribution is 2.34. The number of nitrogens with zero attached hydrogens (tertiary/aromatic N) is 1. The summed E-state index contributed by atoms with van der Waals surface area (Å²) in [6.45, 7) is -16.8. The summed E-state index contributed by atoms with van der Waals surface area (Å²) in [4.78, 5) is 12.6. The molecule has 0 aromatic carbocycles. The summed E-state index contributed by atoms with van der Waals surface area (Å²) in [5, 5.41) is 9.32. The van der Waals surface area contributed by atoms with E-state index in [4.69, 9.17) is 21.9 Å². The van der Waals surface area contributed by atoms with Crippen molar-refractivity contribution in [3.8, 4) is 0 Å². The average molecular weight is 188 g/mol. The first-order valence-corrected chi connectivity index (χ1v) is 2.85. The number of carbonyl (C=O) groups is 1. The highest BCUT2D eigenvalue weighted by atomic mass is 16.8. The maximum Gasteiger partial charge on any atom is 0.136 e. The molecule has 0 bridgehead atoms. The van der Waals surface area contributed by atoms with E-state index in [9.17, 15) is 10.0 Å². The largest absolute Gasteiger partial charge is 0.313 e. The molecule has 0 spiro atoms. The van der Waals surface area contributed by atoms with Gasteiger partial charge in [-0.1, -0.05) is 0 Å². The summed E-state index contributed by atoms with van der Waals surface area (Å²) in [5.41, 5.74) is -8.81. The predicted octanol–water partition coefficient (Wildman–Crippen LogP) is 1.60. The van der Waals surface area contributed by atoms with Crippen LogP contribution >= 0.6 is 0 Å². The molecular formula is C9H17NO2. The van der Waals surface area contributed by atoms with Gasteiger partial charge in [0, 0.05) is 45.8 Å². The average Bonchev–Trinajstić information content (AvgIpc) is 2.28. The van der Waals surface area contributed by atoms with Gasteiger partial charge in [0.2, 0.25) is 0 Å². The van der Waals surface area contributed by atoms with E-state index in [1.807, 2.05) is 0 Å². The van der Waals surface area contributed by atoms with Crippen molar-refractivity contribution in [1.82, 2.24) is 5.06 Å². The molecule has 3 heteroatoms. The van der Waals surface area contributed by atoms with E-state index in [2.05, 4.69) is 0 Å². The van der Waals surface area contributed by atoms with Crippen LogP contribution in [0.3, 0.4) is 0 Å². The summed E-state index contributed by atoms with van der Waals surface area (Å²) >= 11 is 0. The van der Waals surface area contributed by atoms with Crippen LogP contribution in [0.15, 0.2) is 0 Å². The Balaban J connectivity index is 4.41. The van der Waals surface area contributed by atoms with E-state index < -0.39 is 62.1 Å². The van der Waals surface area contributed by atoms with E-state index in [1.165, 1.54) is 0 Å². The van der Waals surface area contributed by atoms with Gasteiger partial charge in [0.25, 0.3) is 0 Å². The summed E-state index contributed by atoms with van der Waals surface area (Å²) in [6, 6.07) is 0. The fourth-order valence-electron chi connectivity index (χ4n) is 0.717. The minimum Gasteiger partial charge on any atom is -0.313 e.